The van der Waals surface area contributed by atoms with Crippen LogP contribution in [0, 0.1) is 5.92 Å². The molecule has 0 bridgehead atoms. The van der Waals surface area contributed by atoms with Gasteiger partial charge < -0.3 is 5.11 Å². The Morgan fingerprint density at radius 2 is 1.72 bits per heavy atom. The Hall–Kier alpha value is -0.483. The summed E-state index contributed by atoms with van der Waals surface area (Å²) < 4.78 is 0. The summed E-state index contributed by atoms with van der Waals surface area (Å²) in [6.45, 7) is 0. The highest BCUT2D eigenvalue weighted by Gasteiger charge is 2.25. The number of carboxylic acids is 1. The molecule has 138 valence electrons. The van der Waals surface area contributed by atoms with Crippen LogP contribution < -0.4 is 0 Å². The van der Waals surface area contributed by atoms with Crippen molar-refractivity contribution >= 4 is 51.3 Å². The number of hydrogen-bond donors (Lipinski definition) is 1. The van der Waals surface area contributed by atoms with Gasteiger partial charge in [-0.1, -0.05) is 43.5 Å². The fraction of sp³-hybridized carbons (Fsp3) is 0.526. The van der Waals surface area contributed by atoms with Crippen molar-refractivity contribution in [1.29, 1.82) is 0 Å². The molecule has 2 nitrogen and oxygen atoms in total. The zero-order chi connectivity index (χ0) is 18.3. The fourth-order valence-corrected chi connectivity index (χ4v) is 5.44. The number of unbranched alkanes of at least 4 members (excludes halogenated alkanes) is 1. The number of rotatable bonds is 8. The third-order valence-electron chi connectivity index (χ3n) is 5.00. The number of hydrogen-bond acceptors (Lipinski definition) is 1. The third-order valence-corrected chi connectivity index (χ3v) is 7.62. The Morgan fingerprint density at radius 1 is 1.08 bits per heavy atom. The van der Waals surface area contributed by atoms with Gasteiger partial charge in [0, 0.05) is 6.08 Å². The van der Waals surface area contributed by atoms with Crippen LogP contribution in [0.15, 0.2) is 30.3 Å². The van der Waals surface area contributed by atoms with Crippen molar-refractivity contribution in [3.63, 3.8) is 0 Å². The molecule has 0 saturated heterocycles. The first-order chi connectivity index (χ1) is 11.8. The molecule has 0 unspecified atom stereocenters. The monoisotopic (exact) mass is 418 g/mol. The fourth-order valence-electron chi connectivity index (χ4n) is 3.59. The van der Waals surface area contributed by atoms with Crippen molar-refractivity contribution in [1.82, 2.24) is 0 Å². The predicted octanol–water partition coefficient (Wildman–Crippen LogP) is 6.88. The van der Waals surface area contributed by atoms with E-state index in [1.54, 1.807) is 6.08 Å². The second-order valence-corrected chi connectivity index (χ2v) is 16.2. The lowest BCUT2D eigenvalue weighted by Crippen LogP contribution is -2.14. The Labute approximate surface area is 165 Å². The van der Waals surface area contributed by atoms with Gasteiger partial charge in [0.15, 0.2) is 0 Å². The normalized spacial score (nSPS) is 21.6. The molecule has 1 aromatic rings. The smallest absolute Gasteiger partial charge is 0.341 e. The number of benzene rings is 1. The number of halogens is 3. The van der Waals surface area contributed by atoms with Crippen molar-refractivity contribution in [3.05, 3.63) is 41.5 Å². The van der Waals surface area contributed by atoms with E-state index in [0.717, 1.165) is 23.9 Å². The summed E-state index contributed by atoms with van der Waals surface area (Å²) in [4.78, 5) is 10.6. The Morgan fingerprint density at radius 3 is 2.28 bits per heavy atom. The lowest BCUT2D eigenvalue weighted by atomic mass is 9.77. The van der Waals surface area contributed by atoms with Gasteiger partial charge in [0.2, 0.25) is 0 Å². The molecule has 1 aromatic carbocycles. The van der Waals surface area contributed by atoms with Gasteiger partial charge in [-0.2, -0.15) is 0 Å². The summed E-state index contributed by atoms with van der Waals surface area (Å²) in [5.41, 5.74) is 2.30. The highest BCUT2D eigenvalue weighted by atomic mass is 35.8. The molecular formula is C19H25Cl3O2Si. The van der Waals surface area contributed by atoms with E-state index in [4.69, 9.17) is 38.3 Å². The standard InChI is InChI=1S/C19H25Cl3O2Si/c20-25(21,22)14-2-1-3-15-4-9-17(10-5-15)18-11-6-16(7-12-18)8-13-19(23)24/h6-8,11-13,15,17H,1-5,9-10,14H2,(H,23,24)/b13-8+. The predicted molar refractivity (Wildman–Crippen MR) is 110 cm³/mol. The second-order valence-electron chi connectivity index (χ2n) is 6.92. The van der Waals surface area contributed by atoms with Gasteiger partial charge >= 0.3 is 12.0 Å². The van der Waals surface area contributed by atoms with E-state index in [1.165, 1.54) is 50.2 Å². The number of carbonyl (C=O) groups is 1. The first-order valence-electron chi connectivity index (χ1n) is 8.91. The average Bonchev–Trinajstić information content (AvgIpc) is 2.57. The first kappa shape index (κ1) is 20.8. The Balaban J connectivity index is 1.73. The minimum absolute atomic E-state index is 0.627. The molecule has 1 aliphatic rings. The molecule has 0 aromatic heterocycles. The van der Waals surface area contributed by atoms with Gasteiger partial charge in [-0.05, 0) is 60.8 Å². The Bertz CT molecular complexity index is 573. The lowest BCUT2D eigenvalue weighted by Gasteiger charge is -2.29. The van der Waals surface area contributed by atoms with Gasteiger partial charge in [0.05, 0.1) is 0 Å². The van der Waals surface area contributed by atoms with Crippen LogP contribution >= 0.6 is 33.2 Å². The van der Waals surface area contributed by atoms with Crippen molar-refractivity contribution in [2.24, 2.45) is 5.92 Å². The first-order valence-corrected chi connectivity index (χ1v) is 14.2. The van der Waals surface area contributed by atoms with Gasteiger partial charge in [0.1, 0.15) is 0 Å². The van der Waals surface area contributed by atoms with Crippen molar-refractivity contribution in [2.45, 2.75) is 56.9 Å². The lowest BCUT2D eigenvalue weighted by molar-refractivity contribution is -0.131. The molecule has 1 saturated carbocycles. The molecule has 0 atom stereocenters. The molecule has 2 rings (SSSR count). The van der Waals surface area contributed by atoms with Crippen LogP contribution in [-0.2, 0) is 4.79 Å². The van der Waals surface area contributed by atoms with Crippen LogP contribution in [-0.4, -0.2) is 17.1 Å². The summed E-state index contributed by atoms with van der Waals surface area (Å²) in [6.07, 6.45) is 11.3. The highest BCUT2D eigenvalue weighted by Crippen LogP contribution is 2.38. The van der Waals surface area contributed by atoms with E-state index in [1.807, 2.05) is 12.1 Å². The van der Waals surface area contributed by atoms with Crippen LogP contribution in [0.3, 0.4) is 0 Å². The largest absolute Gasteiger partial charge is 0.478 e. The van der Waals surface area contributed by atoms with Crippen molar-refractivity contribution < 1.29 is 9.90 Å². The summed E-state index contributed by atoms with van der Waals surface area (Å²) in [6, 6.07) is 6.61. The van der Waals surface area contributed by atoms with Crippen LogP contribution in [0.5, 0.6) is 0 Å². The molecule has 0 aliphatic heterocycles. The van der Waals surface area contributed by atoms with E-state index >= 15 is 0 Å². The van der Waals surface area contributed by atoms with Gasteiger partial charge in [-0.15, -0.1) is 33.2 Å². The summed E-state index contributed by atoms with van der Waals surface area (Å²) in [5, 5.41) is 8.67. The molecule has 0 spiro atoms. The molecule has 1 fully saturated rings. The van der Waals surface area contributed by atoms with Crippen molar-refractivity contribution in [3.8, 4) is 0 Å². The van der Waals surface area contributed by atoms with E-state index in [0.29, 0.717) is 5.92 Å². The number of aliphatic carboxylic acids is 1. The summed E-state index contributed by atoms with van der Waals surface area (Å²) in [7, 11) is 0. The van der Waals surface area contributed by atoms with Gasteiger partial charge in [0.25, 0.3) is 0 Å². The molecule has 25 heavy (non-hydrogen) atoms. The van der Waals surface area contributed by atoms with Crippen LogP contribution in [0.1, 0.15) is 62.0 Å². The topological polar surface area (TPSA) is 37.3 Å². The third kappa shape index (κ3) is 8.16. The van der Waals surface area contributed by atoms with Crippen LogP contribution in [0.25, 0.3) is 6.08 Å². The average molecular weight is 420 g/mol. The summed E-state index contributed by atoms with van der Waals surface area (Å²) >= 11 is 17.8. The summed E-state index contributed by atoms with van der Waals surface area (Å²) in [5.74, 6) is 0.520. The van der Waals surface area contributed by atoms with Crippen molar-refractivity contribution in [2.75, 3.05) is 0 Å². The zero-order valence-electron chi connectivity index (χ0n) is 14.3. The molecule has 1 aliphatic carbocycles. The maximum absolute atomic E-state index is 10.6. The van der Waals surface area contributed by atoms with Gasteiger partial charge in [-0.3, -0.25) is 0 Å². The number of carboxylic acid groups (broad SMARTS) is 1. The minimum Gasteiger partial charge on any atom is -0.478 e. The molecule has 6 heteroatoms. The zero-order valence-corrected chi connectivity index (χ0v) is 17.5. The maximum Gasteiger partial charge on any atom is 0.341 e. The quantitative estimate of drug-likeness (QED) is 0.216. The molecule has 0 radical (unpaired) electrons. The molecular weight excluding hydrogens is 395 g/mol. The van der Waals surface area contributed by atoms with E-state index in [-0.39, 0.29) is 0 Å². The second kappa shape index (κ2) is 10.0. The minimum atomic E-state index is -2.44. The molecule has 0 amide bonds. The maximum atomic E-state index is 10.6. The van der Waals surface area contributed by atoms with Gasteiger partial charge in [-0.25, -0.2) is 4.79 Å². The van der Waals surface area contributed by atoms with Crippen LogP contribution in [0.4, 0.5) is 0 Å². The van der Waals surface area contributed by atoms with E-state index in [2.05, 4.69) is 12.1 Å². The van der Waals surface area contributed by atoms with E-state index in [9.17, 15) is 4.79 Å². The SMILES string of the molecule is O=C(O)/C=C/c1ccc(C2CCC(CCCC[Si](Cl)(Cl)Cl)CC2)cc1. The van der Waals surface area contributed by atoms with Crippen LogP contribution in [0.2, 0.25) is 6.04 Å². The molecule has 0 heterocycles. The van der Waals surface area contributed by atoms with E-state index < -0.39 is 12.0 Å². The molecule has 1 N–H and O–H groups in total. The Kier molecular flexibility index (Phi) is 8.34. The highest BCUT2D eigenvalue weighted by molar-refractivity contribution is 7.64.